The summed E-state index contributed by atoms with van der Waals surface area (Å²) < 4.78 is 0. The van der Waals surface area contributed by atoms with Crippen LogP contribution in [0.1, 0.15) is 30.6 Å². The van der Waals surface area contributed by atoms with Crippen LogP contribution in [-0.4, -0.2) is 56.4 Å². The Balaban J connectivity index is 1.40. The highest BCUT2D eigenvalue weighted by molar-refractivity contribution is 6.04. The molecule has 2 aliphatic heterocycles. The average Bonchev–Trinajstić information content (AvgIpc) is 2.88. The highest BCUT2D eigenvalue weighted by Gasteiger charge is 2.32. The Bertz CT molecular complexity index is 981. The SMILES string of the molecule is CC(=O)c1ccc(N2CC[NH+](CC(=O)N3c4ccccc4NC(=O)C[C@@H]3C)CC2)cc1. The Morgan fingerprint density at radius 3 is 2.42 bits per heavy atom. The molecule has 0 aliphatic carbocycles. The van der Waals surface area contributed by atoms with Gasteiger partial charge in [-0.1, -0.05) is 12.1 Å². The molecule has 7 heteroatoms. The molecule has 162 valence electrons. The number of benzene rings is 2. The molecule has 2 amide bonds. The Morgan fingerprint density at radius 1 is 1.06 bits per heavy atom. The van der Waals surface area contributed by atoms with Gasteiger partial charge in [0.25, 0.3) is 5.91 Å². The molecule has 1 atom stereocenters. The fraction of sp³-hybridized carbons (Fsp3) is 0.375. The predicted molar refractivity (Wildman–Crippen MR) is 121 cm³/mol. The van der Waals surface area contributed by atoms with Crippen molar-refractivity contribution >= 4 is 34.7 Å². The summed E-state index contributed by atoms with van der Waals surface area (Å²) in [5.41, 5.74) is 3.29. The van der Waals surface area contributed by atoms with E-state index in [9.17, 15) is 14.4 Å². The summed E-state index contributed by atoms with van der Waals surface area (Å²) in [6, 6.07) is 15.0. The van der Waals surface area contributed by atoms with E-state index in [0.717, 1.165) is 43.1 Å². The number of nitrogens with one attached hydrogen (secondary N) is 2. The maximum absolute atomic E-state index is 13.3. The van der Waals surface area contributed by atoms with Crippen LogP contribution in [0.4, 0.5) is 17.1 Å². The molecule has 1 saturated heterocycles. The second kappa shape index (κ2) is 8.89. The maximum atomic E-state index is 13.3. The van der Waals surface area contributed by atoms with Gasteiger partial charge in [-0.15, -0.1) is 0 Å². The molecule has 0 bridgehead atoms. The number of Topliss-reactive ketones (excluding diaryl/α,β-unsaturated/α-hetero) is 1. The second-order valence-electron chi connectivity index (χ2n) is 8.40. The van der Waals surface area contributed by atoms with Crippen LogP contribution in [0.5, 0.6) is 0 Å². The van der Waals surface area contributed by atoms with E-state index in [0.29, 0.717) is 18.7 Å². The van der Waals surface area contributed by atoms with Gasteiger partial charge < -0.3 is 20.0 Å². The summed E-state index contributed by atoms with van der Waals surface area (Å²) in [7, 11) is 0. The summed E-state index contributed by atoms with van der Waals surface area (Å²) in [6.07, 6.45) is 0.291. The Kier molecular flexibility index (Phi) is 6.04. The third kappa shape index (κ3) is 4.61. The third-order valence-corrected chi connectivity index (χ3v) is 6.14. The number of para-hydroxylation sites is 2. The number of amides is 2. The van der Waals surface area contributed by atoms with Crippen LogP contribution in [0.3, 0.4) is 0 Å². The number of anilines is 3. The van der Waals surface area contributed by atoms with E-state index in [2.05, 4.69) is 10.2 Å². The van der Waals surface area contributed by atoms with Crippen LogP contribution in [0.2, 0.25) is 0 Å². The van der Waals surface area contributed by atoms with Crippen molar-refractivity contribution in [2.75, 3.05) is 47.8 Å². The molecule has 4 rings (SSSR count). The summed E-state index contributed by atoms with van der Waals surface area (Å²) in [4.78, 5) is 42.2. The lowest BCUT2D eigenvalue weighted by molar-refractivity contribution is -0.892. The van der Waals surface area contributed by atoms with Crippen LogP contribution in [0, 0.1) is 0 Å². The van der Waals surface area contributed by atoms with Crippen molar-refractivity contribution in [2.45, 2.75) is 26.3 Å². The van der Waals surface area contributed by atoms with Crippen molar-refractivity contribution in [1.29, 1.82) is 0 Å². The number of piperazine rings is 1. The lowest BCUT2D eigenvalue weighted by Crippen LogP contribution is -3.16. The molecule has 31 heavy (non-hydrogen) atoms. The van der Waals surface area contributed by atoms with E-state index in [1.807, 2.05) is 55.5 Å². The third-order valence-electron chi connectivity index (χ3n) is 6.14. The number of quaternary nitrogens is 1. The van der Waals surface area contributed by atoms with Gasteiger partial charge in [-0.25, -0.2) is 0 Å². The van der Waals surface area contributed by atoms with Gasteiger partial charge in [0.2, 0.25) is 5.91 Å². The van der Waals surface area contributed by atoms with E-state index in [1.54, 1.807) is 11.8 Å². The van der Waals surface area contributed by atoms with Crippen LogP contribution in [0.15, 0.2) is 48.5 Å². The van der Waals surface area contributed by atoms with Crippen molar-refractivity contribution in [3.63, 3.8) is 0 Å². The number of hydrogen-bond donors (Lipinski definition) is 2. The summed E-state index contributed by atoms with van der Waals surface area (Å²) in [6.45, 7) is 7.34. The zero-order chi connectivity index (χ0) is 22.0. The second-order valence-corrected chi connectivity index (χ2v) is 8.40. The standard InChI is InChI=1S/C24H28N4O3/c1-17-15-23(30)25-21-5-3-4-6-22(21)28(17)24(31)16-26-11-13-27(14-12-26)20-9-7-19(8-10-20)18(2)29/h3-10,17H,11-16H2,1-2H3,(H,25,30)/p+1/t17-/m0/s1. The summed E-state index contributed by atoms with van der Waals surface area (Å²) in [5, 5.41) is 2.91. The van der Waals surface area contributed by atoms with Crippen molar-refractivity contribution < 1.29 is 19.3 Å². The minimum absolute atomic E-state index is 0.0470. The summed E-state index contributed by atoms with van der Waals surface area (Å²) >= 11 is 0. The normalized spacial score (nSPS) is 19.4. The van der Waals surface area contributed by atoms with Crippen LogP contribution in [0.25, 0.3) is 0 Å². The first-order valence-corrected chi connectivity index (χ1v) is 10.8. The fourth-order valence-electron chi connectivity index (χ4n) is 4.43. The maximum Gasteiger partial charge on any atom is 0.282 e. The number of carbonyl (C=O) groups is 3. The number of carbonyl (C=O) groups excluding carboxylic acids is 3. The van der Waals surface area contributed by atoms with Gasteiger partial charge in [0.1, 0.15) is 0 Å². The van der Waals surface area contributed by atoms with Gasteiger partial charge in [0.05, 0.1) is 37.6 Å². The van der Waals surface area contributed by atoms with E-state index >= 15 is 0 Å². The number of ketones is 1. The van der Waals surface area contributed by atoms with Crippen LogP contribution < -0.4 is 20.0 Å². The first kappa shape index (κ1) is 21.1. The van der Waals surface area contributed by atoms with Crippen LogP contribution in [-0.2, 0) is 9.59 Å². The molecule has 0 aromatic heterocycles. The molecule has 0 unspecified atom stereocenters. The number of nitrogens with zero attached hydrogens (tertiary/aromatic N) is 2. The zero-order valence-electron chi connectivity index (χ0n) is 18.1. The Morgan fingerprint density at radius 2 is 1.74 bits per heavy atom. The zero-order valence-corrected chi connectivity index (χ0v) is 18.1. The van der Waals surface area contributed by atoms with E-state index in [4.69, 9.17) is 0 Å². The van der Waals surface area contributed by atoms with Crippen molar-refractivity contribution in [3.8, 4) is 0 Å². The number of fused-ring (bicyclic) bond motifs is 1. The molecule has 2 aromatic carbocycles. The van der Waals surface area contributed by atoms with Crippen LogP contribution >= 0.6 is 0 Å². The summed E-state index contributed by atoms with van der Waals surface area (Å²) in [5.74, 6) is 0.0539. The van der Waals surface area contributed by atoms with E-state index < -0.39 is 0 Å². The van der Waals surface area contributed by atoms with Crippen molar-refractivity contribution in [2.24, 2.45) is 0 Å². The topological polar surface area (TPSA) is 74.2 Å². The predicted octanol–water partition coefficient (Wildman–Crippen LogP) is 1.36. The van der Waals surface area contributed by atoms with Gasteiger partial charge in [-0.2, -0.15) is 0 Å². The van der Waals surface area contributed by atoms with Gasteiger partial charge in [-0.05, 0) is 50.2 Å². The van der Waals surface area contributed by atoms with Crippen molar-refractivity contribution in [1.82, 2.24) is 0 Å². The van der Waals surface area contributed by atoms with Gasteiger partial charge in [0, 0.05) is 23.7 Å². The Hall–Kier alpha value is -3.19. The molecule has 2 heterocycles. The molecule has 7 nitrogen and oxygen atoms in total. The lowest BCUT2D eigenvalue weighted by atomic mass is 10.1. The molecular weight excluding hydrogens is 392 g/mol. The van der Waals surface area contributed by atoms with Crippen molar-refractivity contribution in [3.05, 3.63) is 54.1 Å². The highest BCUT2D eigenvalue weighted by atomic mass is 16.2. The minimum atomic E-state index is -0.184. The highest BCUT2D eigenvalue weighted by Crippen LogP contribution is 2.31. The number of rotatable bonds is 4. The molecule has 0 saturated carbocycles. The first-order valence-electron chi connectivity index (χ1n) is 10.8. The molecule has 1 fully saturated rings. The molecule has 2 aliphatic rings. The molecule has 2 aromatic rings. The smallest absolute Gasteiger partial charge is 0.282 e. The monoisotopic (exact) mass is 421 g/mol. The first-order chi connectivity index (χ1) is 14.9. The van der Waals surface area contributed by atoms with Gasteiger partial charge in [0.15, 0.2) is 12.3 Å². The van der Waals surface area contributed by atoms with E-state index in [-0.39, 0.29) is 23.6 Å². The lowest BCUT2D eigenvalue weighted by Gasteiger charge is -2.35. The van der Waals surface area contributed by atoms with Gasteiger partial charge in [-0.3, -0.25) is 14.4 Å². The molecule has 0 radical (unpaired) electrons. The minimum Gasteiger partial charge on any atom is -0.360 e. The molecule has 0 spiro atoms. The largest absolute Gasteiger partial charge is 0.360 e. The molecule has 2 N–H and O–H groups in total. The quantitative estimate of drug-likeness (QED) is 0.731. The fourth-order valence-corrected chi connectivity index (χ4v) is 4.43. The molecular formula is C24H29N4O3+. The Labute approximate surface area is 182 Å². The average molecular weight is 422 g/mol. The van der Waals surface area contributed by atoms with E-state index in [1.165, 1.54) is 4.90 Å². The van der Waals surface area contributed by atoms with Gasteiger partial charge >= 0.3 is 0 Å². The number of hydrogen-bond acceptors (Lipinski definition) is 4.